The Morgan fingerprint density at radius 3 is 2.88 bits per heavy atom. The lowest BCUT2D eigenvalue weighted by Crippen LogP contribution is -2.32. The molecule has 1 saturated carbocycles. The highest BCUT2D eigenvalue weighted by atomic mass is 35.5. The van der Waals surface area contributed by atoms with Crippen LogP contribution in [-0.2, 0) is 9.53 Å². The third kappa shape index (κ3) is 3.19. The molecule has 1 atom stereocenters. The van der Waals surface area contributed by atoms with E-state index in [4.69, 9.17) is 16.3 Å². The van der Waals surface area contributed by atoms with Gasteiger partial charge in [0, 0.05) is 10.7 Å². The molecule has 7 nitrogen and oxygen atoms in total. The van der Waals surface area contributed by atoms with Gasteiger partial charge in [-0.15, -0.1) is 0 Å². The number of nitrogens with one attached hydrogen (secondary N) is 1. The monoisotopic (exact) mass is 373 g/mol. The molecule has 2 aliphatic rings. The Morgan fingerprint density at radius 1 is 1.31 bits per heavy atom. The number of esters is 1. The highest BCUT2D eigenvalue weighted by molar-refractivity contribution is 6.30. The minimum atomic E-state index is -0.476. The average Bonchev–Trinajstić information content (AvgIpc) is 3.09. The van der Waals surface area contributed by atoms with Crippen molar-refractivity contribution in [3.8, 4) is 0 Å². The zero-order valence-corrected chi connectivity index (χ0v) is 15.2. The molecule has 1 aromatic carbocycles. The first-order valence-corrected chi connectivity index (χ1v) is 9.23. The lowest BCUT2D eigenvalue weighted by atomic mass is 9.95. The number of allylic oxidation sites excluding steroid dienone is 1. The van der Waals surface area contributed by atoms with Gasteiger partial charge >= 0.3 is 5.97 Å². The quantitative estimate of drug-likeness (QED) is 0.829. The highest BCUT2D eigenvalue weighted by Crippen LogP contribution is 2.36. The summed E-state index contributed by atoms with van der Waals surface area (Å²) in [6.45, 7) is 1.84. The van der Waals surface area contributed by atoms with Crippen molar-refractivity contribution >= 4 is 23.5 Å². The Bertz CT molecular complexity index is 857. The molecule has 0 amide bonds. The fourth-order valence-corrected chi connectivity index (χ4v) is 3.86. The molecule has 0 radical (unpaired) electrons. The van der Waals surface area contributed by atoms with Crippen molar-refractivity contribution in [2.24, 2.45) is 0 Å². The van der Waals surface area contributed by atoms with Gasteiger partial charge in [-0.1, -0.05) is 35.3 Å². The molecular formula is C18H20ClN5O2. The Labute approximate surface area is 156 Å². The Hall–Kier alpha value is -2.41. The molecular weight excluding hydrogens is 354 g/mol. The van der Waals surface area contributed by atoms with E-state index < -0.39 is 6.04 Å². The van der Waals surface area contributed by atoms with Crippen LogP contribution in [-0.4, -0.2) is 32.3 Å². The largest absolute Gasteiger partial charge is 0.459 e. The van der Waals surface area contributed by atoms with Gasteiger partial charge in [-0.3, -0.25) is 0 Å². The fraction of sp³-hybridized carbons (Fsp3) is 0.444. The van der Waals surface area contributed by atoms with Crippen molar-refractivity contribution in [1.29, 1.82) is 0 Å². The summed E-state index contributed by atoms with van der Waals surface area (Å²) in [6.07, 6.45) is 5.22. The van der Waals surface area contributed by atoms with E-state index in [9.17, 15) is 4.79 Å². The van der Waals surface area contributed by atoms with E-state index in [0.717, 1.165) is 31.2 Å². The summed E-state index contributed by atoms with van der Waals surface area (Å²) in [5, 5.41) is 15.5. The van der Waals surface area contributed by atoms with Crippen LogP contribution in [0.2, 0.25) is 5.02 Å². The Kier molecular flexibility index (Phi) is 4.63. The number of benzene rings is 1. The maximum absolute atomic E-state index is 13.0. The number of ether oxygens (including phenoxy) is 1. The van der Waals surface area contributed by atoms with E-state index in [-0.39, 0.29) is 12.1 Å². The number of hydrogen-bond acceptors (Lipinski definition) is 6. The van der Waals surface area contributed by atoms with Crippen LogP contribution >= 0.6 is 11.6 Å². The van der Waals surface area contributed by atoms with Crippen molar-refractivity contribution in [2.75, 3.05) is 5.32 Å². The van der Waals surface area contributed by atoms with E-state index in [2.05, 4.69) is 20.8 Å². The first-order valence-electron chi connectivity index (χ1n) is 8.85. The van der Waals surface area contributed by atoms with Crippen LogP contribution in [0.1, 0.15) is 50.6 Å². The first kappa shape index (κ1) is 17.0. The second-order valence-corrected chi connectivity index (χ2v) is 7.17. The van der Waals surface area contributed by atoms with Gasteiger partial charge in [0.25, 0.3) is 0 Å². The van der Waals surface area contributed by atoms with Gasteiger partial charge in [0.2, 0.25) is 5.95 Å². The normalized spacial score (nSPS) is 20.5. The van der Waals surface area contributed by atoms with Gasteiger partial charge in [0.15, 0.2) is 0 Å². The van der Waals surface area contributed by atoms with Gasteiger partial charge in [-0.05, 0) is 60.7 Å². The number of halogens is 1. The fourth-order valence-electron chi connectivity index (χ4n) is 3.66. The molecule has 1 aliphatic heterocycles. The summed E-state index contributed by atoms with van der Waals surface area (Å²) in [5.74, 6) is 0.162. The van der Waals surface area contributed by atoms with Crippen molar-refractivity contribution in [3.05, 3.63) is 46.1 Å². The second-order valence-electron chi connectivity index (χ2n) is 6.73. The van der Waals surface area contributed by atoms with Crippen molar-refractivity contribution in [3.63, 3.8) is 0 Å². The predicted molar refractivity (Wildman–Crippen MR) is 96.7 cm³/mol. The molecule has 26 heavy (non-hydrogen) atoms. The number of nitrogens with zero attached hydrogens (tertiary/aromatic N) is 4. The molecule has 136 valence electrons. The first-order chi connectivity index (χ1) is 12.6. The minimum absolute atomic E-state index is 0.0215. The molecule has 0 bridgehead atoms. The molecule has 0 spiro atoms. The summed E-state index contributed by atoms with van der Waals surface area (Å²) < 4.78 is 7.42. The van der Waals surface area contributed by atoms with Crippen molar-refractivity contribution in [2.45, 2.75) is 51.2 Å². The number of anilines is 1. The Morgan fingerprint density at radius 2 is 2.12 bits per heavy atom. The summed E-state index contributed by atoms with van der Waals surface area (Å²) in [7, 11) is 0. The SMILES string of the molecule is CC1=C(C(=O)OC2CCCCC2)C(c2cccc(Cl)c2)n2nnnc2N1. The summed E-state index contributed by atoms with van der Waals surface area (Å²) in [5.41, 5.74) is 2.04. The van der Waals surface area contributed by atoms with E-state index in [0.29, 0.717) is 22.2 Å². The second kappa shape index (κ2) is 7.07. The van der Waals surface area contributed by atoms with Gasteiger partial charge in [-0.25, -0.2) is 4.79 Å². The van der Waals surface area contributed by atoms with Gasteiger partial charge < -0.3 is 10.1 Å². The van der Waals surface area contributed by atoms with E-state index in [1.54, 1.807) is 10.7 Å². The zero-order chi connectivity index (χ0) is 18.1. The van der Waals surface area contributed by atoms with Crippen LogP contribution in [0.5, 0.6) is 0 Å². The summed E-state index contributed by atoms with van der Waals surface area (Å²) in [6, 6.07) is 6.90. The summed E-state index contributed by atoms with van der Waals surface area (Å²) >= 11 is 6.18. The van der Waals surface area contributed by atoms with E-state index in [1.165, 1.54) is 6.42 Å². The number of fused-ring (bicyclic) bond motifs is 1. The highest BCUT2D eigenvalue weighted by Gasteiger charge is 2.36. The molecule has 2 aromatic rings. The number of tetrazole rings is 1. The molecule has 1 unspecified atom stereocenters. The van der Waals surface area contributed by atoms with Crippen molar-refractivity contribution < 1.29 is 9.53 Å². The van der Waals surface area contributed by atoms with Crippen LogP contribution in [0.4, 0.5) is 5.95 Å². The predicted octanol–water partition coefficient (Wildman–Crippen LogP) is 3.49. The molecule has 1 fully saturated rings. The molecule has 8 heteroatoms. The Balaban J connectivity index is 1.71. The molecule has 1 aromatic heterocycles. The van der Waals surface area contributed by atoms with Crippen LogP contribution in [0.3, 0.4) is 0 Å². The molecule has 2 heterocycles. The molecule has 1 N–H and O–H groups in total. The van der Waals surface area contributed by atoms with Crippen LogP contribution < -0.4 is 5.32 Å². The van der Waals surface area contributed by atoms with Gasteiger partial charge in [0.1, 0.15) is 12.1 Å². The van der Waals surface area contributed by atoms with E-state index in [1.807, 2.05) is 25.1 Å². The third-order valence-corrected chi connectivity index (χ3v) is 5.16. The average molecular weight is 374 g/mol. The van der Waals surface area contributed by atoms with Gasteiger partial charge in [-0.2, -0.15) is 4.68 Å². The standard InChI is InChI=1S/C18H20ClN5O2/c1-11-15(17(25)26-14-8-3-2-4-9-14)16(12-6-5-7-13(19)10-12)24-18(20-11)21-22-23-24/h5-7,10,14,16H,2-4,8-9H2,1H3,(H,20,21,23). The molecule has 0 saturated heterocycles. The topological polar surface area (TPSA) is 81.9 Å². The van der Waals surface area contributed by atoms with Crippen molar-refractivity contribution in [1.82, 2.24) is 20.2 Å². The lowest BCUT2D eigenvalue weighted by molar-refractivity contribution is -0.146. The molecule has 4 rings (SSSR count). The van der Waals surface area contributed by atoms with E-state index >= 15 is 0 Å². The number of carbonyl (C=O) groups excluding carboxylic acids is 1. The molecule has 1 aliphatic carbocycles. The lowest BCUT2D eigenvalue weighted by Gasteiger charge is -2.29. The number of aromatic nitrogens is 4. The zero-order valence-electron chi connectivity index (χ0n) is 14.5. The maximum atomic E-state index is 13.0. The van der Waals surface area contributed by atoms with Gasteiger partial charge in [0.05, 0.1) is 5.57 Å². The van der Waals surface area contributed by atoms with Crippen LogP contribution in [0.25, 0.3) is 0 Å². The number of hydrogen-bond donors (Lipinski definition) is 1. The summed E-state index contributed by atoms with van der Waals surface area (Å²) in [4.78, 5) is 13.0. The maximum Gasteiger partial charge on any atom is 0.338 e. The van der Waals surface area contributed by atoms with Crippen LogP contribution in [0, 0.1) is 0 Å². The van der Waals surface area contributed by atoms with Crippen LogP contribution in [0.15, 0.2) is 35.5 Å². The number of rotatable bonds is 3. The number of carbonyl (C=O) groups is 1. The third-order valence-electron chi connectivity index (χ3n) is 4.92. The minimum Gasteiger partial charge on any atom is -0.459 e. The smallest absolute Gasteiger partial charge is 0.338 e.